The van der Waals surface area contributed by atoms with Gasteiger partial charge in [-0.25, -0.2) is 12.7 Å². The monoisotopic (exact) mass is 333 g/mol. The third kappa shape index (κ3) is 3.80. The van der Waals surface area contributed by atoms with Crippen LogP contribution in [-0.4, -0.2) is 31.1 Å². The minimum atomic E-state index is -3.37. The molecule has 0 spiro atoms. The number of aryl methyl sites for hydroxylation is 2. The van der Waals surface area contributed by atoms with Crippen LogP contribution in [0.15, 0.2) is 23.1 Å². The van der Waals surface area contributed by atoms with Gasteiger partial charge in [0, 0.05) is 18.4 Å². The zero-order chi connectivity index (χ0) is 13.9. The van der Waals surface area contributed by atoms with E-state index in [4.69, 9.17) is 0 Å². The van der Waals surface area contributed by atoms with E-state index in [9.17, 15) is 8.42 Å². The molecule has 0 radical (unpaired) electrons. The topological polar surface area (TPSA) is 37.4 Å². The Morgan fingerprint density at radius 2 is 1.94 bits per heavy atom. The molecule has 102 valence electrons. The zero-order valence-corrected chi connectivity index (χ0v) is 13.7. The van der Waals surface area contributed by atoms with Crippen molar-refractivity contribution in [1.82, 2.24) is 4.31 Å². The van der Waals surface area contributed by atoms with E-state index in [0.29, 0.717) is 16.3 Å². The van der Waals surface area contributed by atoms with Gasteiger partial charge in [0.25, 0.3) is 0 Å². The van der Waals surface area contributed by atoms with Crippen LogP contribution in [0.5, 0.6) is 0 Å². The van der Waals surface area contributed by atoms with Crippen molar-refractivity contribution in [3.63, 3.8) is 0 Å². The van der Waals surface area contributed by atoms with Crippen molar-refractivity contribution in [3.05, 3.63) is 29.3 Å². The Labute approximate surface area is 118 Å². The van der Waals surface area contributed by atoms with Crippen LogP contribution in [0.4, 0.5) is 0 Å². The number of alkyl halides is 1. The summed E-state index contributed by atoms with van der Waals surface area (Å²) in [5.41, 5.74) is 1.87. The van der Waals surface area contributed by atoms with Crippen molar-refractivity contribution in [2.75, 3.05) is 13.6 Å². The van der Waals surface area contributed by atoms with Gasteiger partial charge in [0.2, 0.25) is 10.0 Å². The fourth-order valence-electron chi connectivity index (χ4n) is 1.74. The summed E-state index contributed by atoms with van der Waals surface area (Å²) in [7, 11) is -1.74. The molecule has 0 aliphatic rings. The van der Waals surface area contributed by atoms with Gasteiger partial charge in [-0.2, -0.15) is 0 Å². The second kappa shape index (κ2) is 6.17. The molecule has 0 saturated carbocycles. The van der Waals surface area contributed by atoms with E-state index in [1.807, 2.05) is 32.9 Å². The van der Waals surface area contributed by atoms with Gasteiger partial charge >= 0.3 is 0 Å². The smallest absolute Gasteiger partial charge is 0.207 e. The number of benzene rings is 1. The number of nitrogens with zero attached hydrogens (tertiary/aromatic N) is 1. The van der Waals surface area contributed by atoms with Gasteiger partial charge in [-0.1, -0.05) is 40.5 Å². The third-order valence-corrected chi connectivity index (χ3v) is 5.34. The Morgan fingerprint density at radius 1 is 1.33 bits per heavy atom. The number of hydrogen-bond donors (Lipinski definition) is 0. The van der Waals surface area contributed by atoms with Gasteiger partial charge in [-0.3, -0.25) is 0 Å². The highest BCUT2D eigenvalue weighted by Crippen LogP contribution is 2.20. The summed E-state index contributed by atoms with van der Waals surface area (Å²) in [6, 6.07) is 5.42. The first-order valence-electron chi connectivity index (χ1n) is 5.93. The molecule has 3 nitrogen and oxygen atoms in total. The lowest BCUT2D eigenvalue weighted by Crippen LogP contribution is -2.29. The average Bonchev–Trinajstić information content (AvgIpc) is 2.24. The summed E-state index contributed by atoms with van der Waals surface area (Å²) >= 11 is 3.43. The quantitative estimate of drug-likeness (QED) is 0.776. The van der Waals surface area contributed by atoms with Crippen LogP contribution in [0.1, 0.15) is 24.5 Å². The first-order chi connectivity index (χ1) is 8.25. The molecule has 0 saturated heterocycles. The fraction of sp³-hybridized carbons (Fsp3) is 0.538. The van der Waals surface area contributed by atoms with Gasteiger partial charge in [0.1, 0.15) is 0 Å². The van der Waals surface area contributed by atoms with E-state index in [0.717, 1.165) is 17.5 Å². The van der Waals surface area contributed by atoms with Crippen molar-refractivity contribution in [2.45, 2.75) is 36.9 Å². The van der Waals surface area contributed by atoms with Crippen LogP contribution in [-0.2, 0) is 10.0 Å². The maximum atomic E-state index is 12.4. The third-order valence-electron chi connectivity index (χ3n) is 2.86. The number of rotatable bonds is 5. The van der Waals surface area contributed by atoms with Gasteiger partial charge in [0.15, 0.2) is 0 Å². The Balaban J connectivity index is 2.98. The molecule has 18 heavy (non-hydrogen) atoms. The predicted octanol–water partition coefficient (Wildman–Crippen LogP) is 3.10. The van der Waals surface area contributed by atoms with Crippen LogP contribution < -0.4 is 0 Å². The Hall–Kier alpha value is -0.390. The van der Waals surface area contributed by atoms with E-state index < -0.39 is 10.0 Å². The fourth-order valence-corrected chi connectivity index (χ4v) is 3.33. The Bertz CT molecular complexity index is 512. The molecule has 0 amide bonds. The zero-order valence-electron chi connectivity index (χ0n) is 11.3. The molecule has 0 N–H and O–H groups in total. The largest absolute Gasteiger partial charge is 0.243 e. The van der Waals surface area contributed by atoms with Crippen molar-refractivity contribution in [2.24, 2.45) is 0 Å². The molecular formula is C13H20BrNO2S. The van der Waals surface area contributed by atoms with Gasteiger partial charge in [-0.05, 0) is 31.9 Å². The normalized spacial score (nSPS) is 13.9. The molecule has 0 bridgehead atoms. The molecule has 5 heteroatoms. The number of hydrogen-bond acceptors (Lipinski definition) is 2. The lowest BCUT2D eigenvalue weighted by atomic mass is 10.2. The van der Waals surface area contributed by atoms with E-state index in [-0.39, 0.29) is 0 Å². The van der Waals surface area contributed by atoms with E-state index in [1.165, 1.54) is 4.31 Å². The maximum Gasteiger partial charge on any atom is 0.243 e. The van der Waals surface area contributed by atoms with Crippen LogP contribution in [0, 0.1) is 13.8 Å². The molecule has 0 heterocycles. The Morgan fingerprint density at radius 3 is 2.44 bits per heavy atom. The SMILES string of the molecule is Cc1ccc(S(=O)(=O)N(C)CCC(C)Br)c(C)c1. The van der Waals surface area contributed by atoms with Crippen molar-refractivity contribution < 1.29 is 8.42 Å². The molecule has 1 unspecified atom stereocenters. The highest BCUT2D eigenvalue weighted by molar-refractivity contribution is 9.09. The van der Waals surface area contributed by atoms with Crippen LogP contribution in [0.3, 0.4) is 0 Å². The van der Waals surface area contributed by atoms with Gasteiger partial charge in [-0.15, -0.1) is 0 Å². The molecular weight excluding hydrogens is 314 g/mol. The highest BCUT2D eigenvalue weighted by atomic mass is 79.9. The predicted molar refractivity (Wildman–Crippen MR) is 78.7 cm³/mol. The first kappa shape index (κ1) is 15.7. The molecule has 0 fully saturated rings. The first-order valence-corrected chi connectivity index (χ1v) is 8.28. The minimum Gasteiger partial charge on any atom is -0.207 e. The second-order valence-corrected chi connectivity index (χ2v) is 8.24. The van der Waals surface area contributed by atoms with E-state index in [1.54, 1.807) is 13.1 Å². The van der Waals surface area contributed by atoms with Gasteiger partial charge in [0.05, 0.1) is 4.90 Å². The minimum absolute atomic E-state index is 0.314. The van der Waals surface area contributed by atoms with Crippen LogP contribution in [0.25, 0.3) is 0 Å². The molecule has 0 aliphatic heterocycles. The molecule has 1 rings (SSSR count). The lowest BCUT2D eigenvalue weighted by Gasteiger charge is -2.19. The standard InChI is InChI=1S/C13H20BrNO2S/c1-10-5-6-13(11(2)9-10)18(16,17)15(4)8-7-12(3)14/h5-6,9,12H,7-8H2,1-4H3. The maximum absolute atomic E-state index is 12.4. The molecule has 0 aromatic heterocycles. The van der Waals surface area contributed by atoms with Crippen molar-refractivity contribution >= 4 is 26.0 Å². The second-order valence-electron chi connectivity index (χ2n) is 4.66. The molecule has 0 aliphatic carbocycles. The van der Waals surface area contributed by atoms with Crippen LogP contribution in [0.2, 0.25) is 0 Å². The molecule has 1 aromatic carbocycles. The van der Waals surface area contributed by atoms with Gasteiger partial charge < -0.3 is 0 Å². The number of sulfonamides is 1. The number of halogens is 1. The van der Waals surface area contributed by atoms with Crippen molar-refractivity contribution in [3.8, 4) is 0 Å². The Kier molecular flexibility index (Phi) is 5.37. The summed E-state index contributed by atoms with van der Waals surface area (Å²) in [6.07, 6.45) is 0.792. The summed E-state index contributed by atoms with van der Waals surface area (Å²) in [4.78, 5) is 0.715. The molecule has 1 aromatic rings. The average molecular weight is 334 g/mol. The summed E-state index contributed by atoms with van der Waals surface area (Å²) in [5, 5.41) is 0. The van der Waals surface area contributed by atoms with E-state index in [2.05, 4.69) is 15.9 Å². The summed E-state index contributed by atoms with van der Waals surface area (Å²) < 4.78 is 26.2. The lowest BCUT2D eigenvalue weighted by molar-refractivity contribution is 0.461. The highest BCUT2D eigenvalue weighted by Gasteiger charge is 2.22. The van der Waals surface area contributed by atoms with Crippen molar-refractivity contribution in [1.29, 1.82) is 0 Å². The molecule has 1 atom stereocenters. The summed E-state index contributed by atoms with van der Waals surface area (Å²) in [6.45, 7) is 6.32. The van der Waals surface area contributed by atoms with Crippen LogP contribution >= 0.6 is 15.9 Å². The summed E-state index contributed by atoms with van der Waals surface area (Å²) in [5.74, 6) is 0. The van der Waals surface area contributed by atoms with E-state index >= 15 is 0 Å².